The highest BCUT2D eigenvalue weighted by atomic mass is 16.1. The van der Waals surface area contributed by atoms with Gasteiger partial charge in [0.2, 0.25) is 0 Å². The maximum Gasteiger partial charge on any atom is 0.176 e. The van der Waals surface area contributed by atoms with Crippen LogP contribution in [-0.2, 0) is 0 Å². The fourth-order valence-electron chi connectivity index (χ4n) is 1.60. The minimum Gasteiger partial charge on any atom is -0.296 e. The van der Waals surface area contributed by atoms with Gasteiger partial charge < -0.3 is 0 Å². The Balaban J connectivity index is 2.66. The van der Waals surface area contributed by atoms with Crippen molar-refractivity contribution < 1.29 is 4.79 Å². The summed E-state index contributed by atoms with van der Waals surface area (Å²) in [4.78, 5) is 14.1. The zero-order chi connectivity index (χ0) is 12.1. The number of hydrogen-bond acceptors (Lipinski definition) is 2. The van der Waals surface area contributed by atoms with Gasteiger partial charge in [0.15, 0.2) is 5.78 Å². The summed E-state index contributed by atoms with van der Waals surface area (Å²) >= 11 is 0. The van der Waals surface area contributed by atoms with Gasteiger partial charge in [-0.05, 0) is 33.4 Å². The van der Waals surface area contributed by atoms with E-state index in [-0.39, 0.29) is 5.78 Å². The molecule has 1 atom stereocenters. The maximum absolute atomic E-state index is 12.0. The van der Waals surface area contributed by atoms with E-state index in [9.17, 15) is 4.79 Å². The second-order valence-corrected chi connectivity index (χ2v) is 4.47. The minimum atomic E-state index is 0.200. The Morgan fingerprint density at radius 3 is 2.69 bits per heavy atom. The molecule has 0 bridgehead atoms. The van der Waals surface area contributed by atoms with Crippen molar-refractivity contribution in [3.05, 3.63) is 35.4 Å². The van der Waals surface area contributed by atoms with Crippen molar-refractivity contribution in [2.75, 3.05) is 13.6 Å². The smallest absolute Gasteiger partial charge is 0.176 e. The zero-order valence-corrected chi connectivity index (χ0v) is 10.7. The molecule has 2 nitrogen and oxygen atoms in total. The van der Waals surface area contributed by atoms with E-state index in [0.717, 1.165) is 17.5 Å². The van der Waals surface area contributed by atoms with E-state index in [4.69, 9.17) is 0 Å². The first-order valence-corrected chi connectivity index (χ1v) is 5.84. The molecule has 1 rings (SSSR count). The molecule has 0 amide bonds. The number of aryl methyl sites for hydroxylation is 1. The number of likely N-dealkylation sites (N-methyl/N-ethyl adjacent to an activating group) is 1. The van der Waals surface area contributed by atoms with Gasteiger partial charge in [0, 0.05) is 11.6 Å². The summed E-state index contributed by atoms with van der Waals surface area (Å²) in [7, 11) is 2.00. The number of ketones is 1. The highest BCUT2D eigenvalue weighted by Gasteiger charge is 2.12. The number of hydrogen-bond donors (Lipinski definition) is 0. The Bertz CT molecular complexity index is 360. The van der Waals surface area contributed by atoms with E-state index in [0.29, 0.717) is 12.6 Å². The van der Waals surface area contributed by atoms with Gasteiger partial charge in [0.05, 0.1) is 6.54 Å². The fourth-order valence-corrected chi connectivity index (χ4v) is 1.60. The van der Waals surface area contributed by atoms with Gasteiger partial charge in [0.25, 0.3) is 0 Å². The Hall–Kier alpha value is -1.15. The molecular formula is C14H21NO. The maximum atomic E-state index is 12.0. The molecule has 0 aliphatic rings. The summed E-state index contributed by atoms with van der Waals surface area (Å²) < 4.78 is 0. The molecule has 0 aliphatic heterocycles. The SMILES string of the molecule is CCC(C)N(C)CC(=O)c1cccc(C)c1. The lowest BCUT2D eigenvalue weighted by Crippen LogP contribution is -2.33. The molecule has 16 heavy (non-hydrogen) atoms. The summed E-state index contributed by atoms with van der Waals surface area (Å²) in [6.45, 7) is 6.79. The first-order chi connectivity index (χ1) is 7.54. The number of carbonyl (C=O) groups is 1. The van der Waals surface area contributed by atoms with Crippen LogP contribution in [0.2, 0.25) is 0 Å². The second kappa shape index (κ2) is 5.80. The molecule has 0 saturated carbocycles. The van der Waals surface area contributed by atoms with Crippen molar-refractivity contribution >= 4 is 5.78 Å². The third kappa shape index (κ3) is 3.46. The molecule has 88 valence electrons. The molecule has 0 spiro atoms. The summed E-state index contributed by atoms with van der Waals surface area (Å²) in [5.74, 6) is 0.200. The van der Waals surface area contributed by atoms with Crippen molar-refractivity contribution in [3.8, 4) is 0 Å². The molecule has 0 heterocycles. The van der Waals surface area contributed by atoms with Crippen molar-refractivity contribution in [3.63, 3.8) is 0 Å². The second-order valence-electron chi connectivity index (χ2n) is 4.47. The Morgan fingerprint density at radius 1 is 1.44 bits per heavy atom. The third-order valence-corrected chi connectivity index (χ3v) is 3.08. The van der Waals surface area contributed by atoms with E-state index in [1.807, 2.05) is 38.2 Å². The minimum absolute atomic E-state index is 0.200. The number of nitrogens with zero attached hydrogens (tertiary/aromatic N) is 1. The fraction of sp³-hybridized carbons (Fsp3) is 0.500. The first-order valence-electron chi connectivity index (χ1n) is 5.84. The monoisotopic (exact) mass is 219 g/mol. The highest BCUT2D eigenvalue weighted by molar-refractivity contribution is 5.97. The zero-order valence-electron chi connectivity index (χ0n) is 10.7. The first kappa shape index (κ1) is 12.9. The van der Waals surface area contributed by atoms with Crippen LogP contribution in [0.4, 0.5) is 0 Å². The number of carbonyl (C=O) groups excluding carboxylic acids is 1. The molecule has 2 heteroatoms. The third-order valence-electron chi connectivity index (χ3n) is 3.08. The molecule has 0 saturated heterocycles. The average molecular weight is 219 g/mol. The molecular weight excluding hydrogens is 198 g/mol. The van der Waals surface area contributed by atoms with Gasteiger partial charge in [-0.3, -0.25) is 9.69 Å². The lowest BCUT2D eigenvalue weighted by Gasteiger charge is -2.22. The summed E-state index contributed by atoms with van der Waals surface area (Å²) in [6, 6.07) is 8.24. The standard InChI is InChI=1S/C14H21NO/c1-5-12(3)15(4)10-14(16)13-8-6-7-11(2)9-13/h6-9,12H,5,10H2,1-4H3. The van der Waals surface area contributed by atoms with E-state index < -0.39 is 0 Å². The van der Waals surface area contributed by atoms with Gasteiger partial charge >= 0.3 is 0 Å². The van der Waals surface area contributed by atoms with Gasteiger partial charge in [0.1, 0.15) is 0 Å². The molecule has 0 fully saturated rings. The number of rotatable bonds is 5. The molecule has 1 aromatic rings. The van der Waals surface area contributed by atoms with Crippen LogP contribution in [0.3, 0.4) is 0 Å². The van der Waals surface area contributed by atoms with Gasteiger partial charge in [-0.15, -0.1) is 0 Å². The van der Waals surface area contributed by atoms with Crippen molar-refractivity contribution in [2.24, 2.45) is 0 Å². The average Bonchev–Trinajstić information content (AvgIpc) is 2.27. The van der Waals surface area contributed by atoms with Crippen molar-refractivity contribution in [1.29, 1.82) is 0 Å². The van der Waals surface area contributed by atoms with Gasteiger partial charge in [-0.2, -0.15) is 0 Å². The Morgan fingerprint density at radius 2 is 2.12 bits per heavy atom. The van der Waals surface area contributed by atoms with Crippen molar-refractivity contribution in [1.82, 2.24) is 4.90 Å². The van der Waals surface area contributed by atoms with Crippen LogP contribution in [0.1, 0.15) is 36.2 Å². The summed E-state index contributed by atoms with van der Waals surface area (Å²) in [5, 5.41) is 0. The van der Waals surface area contributed by atoms with E-state index in [1.54, 1.807) is 0 Å². The molecule has 0 radical (unpaired) electrons. The molecule has 0 aliphatic carbocycles. The van der Waals surface area contributed by atoms with Crippen molar-refractivity contribution in [2.45, 2.75) is 33.2 Å². The molecule has 1 unspecified atom stereocenters. The Kier molecular flexibility index (Phi) is 4.69. The topological polar surface area (TPSA) is 20.3 Å². The van der Waals surface area contributed by atoms with Crippen LogP contribution in [0.5, 0.6) is 0 Å². The summed E-state index contributed by atoms with van der Waals surface area (Å²) in [6.07, 6.45) is 1.07. The Labute approximate surface area is 98.3 Å². The predicted molar refractivity (Wildman–Crippen MR) is 67.9 cm³/mol. The highest BCUT2D eigenvalue weighted by Crippen LogP contribution is 2.07. The van der Waals surface area contributed by atoms with E-state index in [2.05, 4.69) is 18.7 Å². The van der Waals surface area contributed by atoms with E-state index in [1.165, 1.54) is 0 Å². The summed E-state index contributed by atoms with van der Waals surface area (Å²) in [5.41, 5.74) is 1.95. The van der Waals surface area contributed by atoms with Crippen LogP contribution in [0, 0.1) is 6.92 Å². The van der Waals surface area contributed by atoms with Crippen LogP contribution < -0.4 is 0 Å². The van der Waals surface area contributed by atoms with Gasteiger partial charge in [-0.1, -0.05) is 30.7 Å². The number of Topliss-reactive ketones (excluding diaryl/α,β-unsaturated/α-hetero) is 1. The van der Waals surface area contributed by atoms with E-state index >= 15 is 0 Å². The molecule has 0 aromatic heterocycles. The van der Waals surface area contributed by atoms with Crippen LogP contribution >= 0.6 is 0 Å². The predicted octanol–water partition coefficient (Wildman–Crippen LogP) is 2.91. The van der Waals surface area contributed by atoms with Crippen LogP contribution in [0.25, 0.3) is 0 Å². The van der Waals surface area contributed by atoms with Crippen LogP contribution in [0.15, 0.2) is 24.3 Å². The normalized spacial score (nSPS) is 12.8. The largest absolute Gasteiger partial charge is 0.296 e. The van der Waals surface area contributed by atoms with Crippen LogP contribution in [-0.4, -0.2) is 30.3 Å². The quantitative estimate of drug-likeness (QED) is 0.710. The molecule has 0 N–H and O–H groups in total. The lowest BCUT2D eigenvalue weighted by atomic mass is 10.1. The molecule has 1 aromatic carbocycles. The van der Waals surface area contributed by atoms with Gasteiger partial charge in [-0.25, -0.2) is 0 Å². The number of benzene rings is 1. The lowest BCUT2D eigenvalue weighted by molar-refractivity contribution is 0.0923.